The fraction of sp³-hybridized carbons (Fsp3) is 0.0833. The molecule has 0 saturated heterocycles. The van der Waals surface area contributed by atoms with Crippen molar-refractivity contribution in [3.8, 4) is 11.1 Å². The monoisotopic (exact) mass is 448 g/mol. The molecule has 0 aliphatic rings. The van der Waals surface area contributed by atoms with Crippen molar-refractivity contribution in [1.82, 2.24) is 9.97 Å². The van der Waals surface area contributed by atoms with Crippen LogP contribution in [0.2, 0.25) is 0 Å². The lowest BCUT2D eigenvalue weighted by Gasteiger charge is -2.11. The predicted molar refractivity (Wildman–Crippen MR) is 124 cm³/mol. The molecule has 4 aromatic rings. The summed E-state index contributed by atoms with van der Waals surface area (Å²) in [7, 11) is -3.80. The summed E-state index contributed by atoms with van der Waals surface area (Å²) in [4.78, 5) is 8.78. The molecule has 1 aromatic heterocycles. The van der Waals surface area contributed by atoms with Crippen molar-refractivity contribution in [2.75, 3.05) is 10.0 Å². The van der Waals surface area contributed by atoms with E-state index in [0.29, 0.717) is 17.2 Å². The minimum absolute atomic E-state index is 0.116. The molecule has 1 heterocycles. The Bertz CT molecular complexity index is 1340. The minimum Gasteiger partial charge on any atom is -0.324 e. The maximum atomic E-state index is 13.2. The number of hydrogen-bond acceptors (Lipinski definition) is 5. The van der Waals surface area contributed by atoms with Gasteiger partial charge in [-0.15, -0.1) is 0 Å². The van der Waals surface area contributed by atoms with Gasteiger partial charge in [0.2, 0.25) is 5.95 Å². The first-order valence-electron chi connectivity index (χ1n) is 9.87. The van der Waals surface area contributed by atoms with E-state index in [0.717, 1.165) is 22.6 Å². The summed E-state index contributed by atoms with van der Waals surface area (Å²) >= 11 is 0. The average molecular weight is 449 g/mol. The highest BCUT2D eigenvalue weighted by molar-refractivity contribution is 7.92. The number of aromatic nitrogens is 2. The normalized spacial score (nSPS) is 11.2. The number of halogens is 1. The Kier molecular flexibility index (Phi) is 5.87. The molecule has 0 amide bonds. The van der Waals surface area contributed by atoms with Crippen LogP contribution in [0.3, 0.4) is 0 Å². The van der Waals surface area contributed by atoms with Gasteiger partial charge in [0.05, 0.1) is 4.90 Å². The molecule has 0 spiro atoms. The van der Waals surface area contributed by atoms with Gasteiger partial charge in [-0.25, -0.2) is 22.8 Å². The Morgan fingerprint density at radius 3 is 2.03 bits per heavy atom. The van der Waals surface area contributed by atoms with Crippen molar-refractivity contribution < 1.29 is 12.8 Å². The lowest BCUT2D eigenvalue weighted by atomic mass is 10.1. The number of nitrogens with zero attached hydrogens (tertiary/aromatic N) is 2. The maximum Gasteiger partial charge on any atom is 0.261 e. The third kappa shape index (κ3) is 5.09. The van der Waals surface area contributed by atoms with Crippen LogP contribution in [-0.4, -0.2) is 18.4 Å². The predicted octanol–water partition coefficient (Wildman–Crippen LogP) is 5.44. The van der Waals surface area contributed by atoms with Crippen LogP contribution in [0, 0.1) is 19.7 Å². The summed E-state index contributed by atoms with van der Waals surface area (Å²) < 4.78 is 41.5. The second-order valence-electron chi connectivity index (χ2n) is 7.32. The smallest absolute Gasteiger partial charge is 0.261 e. The molecule has 4 rings (SSSR count). The highest BCUT2D eigenvalue weighted by Gasteiger charge is 2.15. The molecule has 0 atom stereocenters. The van der Waals surface area contributed by atoms with Crippen LogP contribution in [0.15, 0.2) is 83.8 Å². The van der Waals surface area contributed by atoms with E-state index in [-0.39, 0.29) is 10.7 Å². The summed E-state index contributed by atoms with van der Waals surface area (Å²) in [6.07, 6.45) is 0. The van der Waals surface area contributed by atoms with E-state index in [1.807, 2.05) is 19.9 Å². The summed E-state index contributed by atoms with van der Waals surface area (Å²) in [6.45, 7) is 3.78. The van der Waals surface area contributed by atoms with E-state index < -0.39 is 10.0 Å². The number of nitrogens with one attached hydrogen (secondary N) is 2. The molecule has 0 unspecified atom stereocenters. The second-order valence-corrected chi connectivity index (χ2v) is 9.00. The first kappa shape index (κ1) is 21.5. The van der Waals surface area contributed by atoms with Crippen LogP contribution in [0.5, 0.6) is 0 Å². The average Bonchev–Trinajstić information content (AvgIpc) is 2.75. The van der Waals surface area contributed by atoms with Crippen LogP contribution < -0.4 is 10.0 Å². The molecule has 0 aliphatic carbocycles. The Morgan fingerprint density at radius 2 is 1.38 bits per heavy atom. The zero-order chi connectivity index (χ0) is 22.7. The highest BCUT2D eigenvalue weighted by atomic mass is 32.2. The van der Waals surface area contributed by atoms with E-state index in [4.69, 9.17) is 0 Å². The lowest BCUT2D eigenvalue weighted by Crippen LogP contribution is -2.13. The number of hydrogen-bond donors (Lipinski definition) is 2. The van der Waals surface area contributed by atoms with Gasteiger partial charge >= 0.3 is 0 Å². The molecular weight excluding hydrogens is 427 g/mol. The summed E-state index contributed by atoms with van der Waals surface area (Å²) in [5.41, 5.74) is 4.27. The molecule has 6 nitrogen and oxygen atoms in total. The molecule has 8 heteroatoms. The summed E-state index contributed by atoms with van der Waals surface area (Å²) in [5, 5.41) is 3.11. The number of aryl methyl sites for hydroxylation is 2. The van der Waals surface area contributed by atoms with E-state index in [2.05, 4.69) is 20.0 Å². The van der Waals surface area contributed by atoms with Gasteiger partial charge in [-0.05, 0) is 79.6 Å². The standard InChI is InChI=1S/C24H21FN4O2S/c1-16-14-17(2)27-24(26-16)28-21-10-12-22(13-11-21)29-32(30,31)23-5-3-4-19(15-23)18-6-8-20(25)9-7-18/h3-15,29H,1-2H3,(H,26,27,28). The molecule has 162 valence electrons. The molecule has 32 heavy (non-hydrogen) atoms. The Labute approximate surface area is 186 Å². The molecule has 0 saturated carbocycles. The number of anilines is 3. The van der Waals surface area contributed by atoms with Gasteiger partial charge in [0.15, 0.2) is 0 Å². The van der Waals surface area contributed by atoms with E-state index >= 15 is 0 Å². The van der Waals surface area contributed by atoms with Crippen molar-refractivity contribution >= 4 is 27.3 Å². The van der Waals surface area contributed by atoms with Crippen molar-refractivity contribution in [3.63, 3.8) is 0 Å². The van der Waals surface area contributed by atoms with Gasteiger partial charge in [0.1, 0.15) is 5.82 Å². The van der Waals surface area contributed by atoms with E-state index in [1.54, 1.807) is 54.6 Å². The van der Waals surface area contributed by atoms with Crippen LogP contribution >= 0.6 is 0 Å². The molecule has 0 radical (unpaired) electrons. The van der Waals surface area contributed by atoms with Gasteiger partial charge < -0.3 is 5.32 Å². The van der Waals surface area contributed by atoms with Crippen LogP contribution in [-0.2, 0) is 10.0 Å². The SMILES string of the molecule is Cc1cc(C)nc(Nc2ccc(NS(=O)(=O)c3cccc(-c4ccc(F)cc4)c3)cc2)n1. The van der Waals surface area contributed by atoms with E-state index in [1.165, 1.54) is 18.2 Å². The fourth-order valence-electron chi connectivity index (χ4n) is 3.23. The lowest BCUT2D eigenvalue weighted by molar-refractivity contribution is 0.601. The quantitative estimate of drug-likeness (QED) is 0.410. The zero-order valence-electron chi connectivity index (χ0n) is 17.5. The highest BCUT2D eigenvalue weighted by Crippen LogP contribution is 2.25. The van der Waals surface area contributed by atoms with Gasteiger partial charge in [-0.2, -0.15) is 0 Å². The maximum absolute atomic E-state index is 13.2. The van der Waals surface area contributed by atoms with Gasteiger partial charge in [-0.3, -0.25) is 4.72 Å². The van der Waals surface area contributed by atoms with Gasteiger partial charge in [-0.1, -0.05) is 24.3 Å². The Hall–Kier alpha value is -3.78. The van der Waals surface area contributed by atoms with Crippen molar-refractivity contribution in [2.24, 2.45) is 0 Å². The van der Waals surface area contributed by atoms with Crippen LogP contribution in [0.25, 0.3) is 11.1 Å². The molecule has 0 aliphatic heterocycles. The van der Waals surface area contributed by atoms with Crippen LogP contribution in [0.4, 0.5) is 21.7 Å². The molecular formula is C24H21FN4O2S. The first-order chi connectivity index (χ1) is 15.3. The number of rotatable bonds is 6. The van der Waals surface area contributed by atoms with Gasteiger partial charge in [0, 0.05) is 22.8 Å². The Morgan fingerprint density at radius 1 is 0.750 bits per heavy atom. The van der Waals surface area contributed by atoms with Crippen LogP contribution in [0.1, 0.15) is 11.4 Å². The molecule has 0 bridgehead atoms. The van der Waals surface area contributed by atoms with Crippen molar-refractivity contribution in [3.05, 3.63) is 96.1 Å². The van der Waals surface area contributed by atoms with Crippen molar-refractivity contribution in [2.45, 2.75) is 18.7 Å². The molecule has 3 aromatic carbocycles. The fourth-order valence-corrected chi connectivity index (χ4v) is 4.34. The number of sulfonamides is 1. The van der Waals surface area contributed by atoms with Gasteiger partial charge in [0.25, 0.3) is 10.0 Å². The third-order valence-electron chi connectivity index (χ3n) is 4.70. The topological polar surface area (TPSA) is 84.0 Å². The minimum atomic E-state index is -3.80. The second kappa shape index (κ2) is 8.76. The summed E-state index contributed by atoms with van der Waals surface area (Å²) in [6, 6.07) is 21.1. The molecule has 2 N–H and O–H groups in total. The zero-order valence-corrected chi connectivity index (χ0v) is 18.3. The first-order valence-corrected chi connectivity index (χ1v) is 11.3. The third-order valence-corrected chi connectivity index (χ3v) is 6.08. The summed E-state index contributed by atoms with van der Waals surface area (Å²) in [5.74, 6) is 0.134. The Balaban J connectivity index is 1.51. The number of benzene rings is 3. The molecule has 0 fully saturated rings. The van der Waals surface area contributed by atoms with Crippen molar-refractivity contribution in [1.29, 1.82) is 0 Å². The largest absolute Gasteiger partial charge is 0.324 e. The van der Waals surface area contributed by atoms with E-state index in [9.17, 15) is 12.8 Å².